The number of amides is 2. The zero-order valence-corrected chi connectivity index (χ0v) is 13.5. The first-order valence-electron chi connectivity index (χ1n) is 8.71. The quantitative estimate of drug-likeness (QED) is 0.837. The molecular weight excluding hydrogens is 288 g/mol. The van der Waals surface area contributed by atoms with Gasteiger partial charge in [-0.25, -0.2) is 4.79 Å². The van der Waals surface area contributed by atoms with Gasteiger partial charge in [0.1, 0.15) is 0 Å². The van der Waals surface area contributed by atoms with E-state index in [-0.39, 0.29) is 18.1 Å². The number of benzene rings is 1. The number of carbonyl (C=O) groups excluding carboxylic acids is 1. The maximum atomic E-state index is 12.5. The summed E-state index contributed by atoms with van der Waals surface area (Å²) in [6, 6.07) is 10.0. The van der Waals surface area contributed by atoms with Crippen LogP contribution in [-0.2, 0) is 0 Å². The molecule has 124 valence electrons. The maximum absolute atomic E-state index is 12.5. The van der Waals surface area contributed by atoms with Crippen molar-refractivity contribution in [2.45, 2.75) is 56.7 Å². The highest BCUT2D eigenvalue weighted by molar-refractivity contribution is 5.75. The Morgan fingerprint density at radius 3 is 2.83 bits per heavy atom. The molecule has 3 rings (SSSR count). The van der Waals surface area contributed by atoms with Gasteiger partial charge in [-0.1, -0.05) is 42.5 Å². The van der Waals surface area contributed by atoms with Gasteiger partial charge in [0.2, 0.25) is 0 Å². The van der Waals surface area contributed by atoms with Gasteiger partial charge in [-0.15, -0.1) is 0 Å². The smallest absolute Gasteiger partial charge is 0.318 e. The number of urea groups is 1. The highest BCUT2D eigenvalue weighted by atomic mass is 16.3. The Morgan fingerprint density at radius 2 is 2.09 bits per heavy atom. The van der Waals surface area contributed by atoms with Gasteiger partial charge in [-0.3, -0.25) is 0 Å². The van der Waals surface area contributed by atoms with Crippen LogP contribution in [0.3, 0.4) is 0 Å². The van der Waals surface area contributed by atoms with Gasteiger partial charge < -0.3 is 15.3 Å². The molecule has 1 fully saturated rings. The average molecular weight is 314 g/mol. The first-order valence-corrected chi connectivity index (χ1v) is 8.71. The van der Waals surface area contributed by atoms with E-state index in [9.17, 15) is 9.90 Å². The molecule has 23 heavy (non-hydrogen) atoms. The number of allylic oxidation sites excluding steroid dienone is 1. The molecule has 4 heteroatoms. The summed E-state index contributed by atoms with van der Waals surface area (Å²) in [5.74, 6) is 0. The number of hydrogen-bond donors (Lipinski definition) is 2. The van der Waals surface area contributed by atoms with Crippen molar-refractivity contribution in [1.29, 1.82) is 0 Å². The van der Waals surface area contributed by atoms with E-state index in [4.69, 9.17) is 0 Å². The molecule has 1 aromatic rings. The Kier molecular flexibility index (Phi) is 5.34. The third-order valence-electron chi connectivity index (χ3n) is 4.88. The molecule has 0 aromatic heterocycles. The van der Waals surface area contributed by atoms with Crippen LogP contribution in [0.15, 0.2) is 42.5 Å². The summed E-state index contributed by atoms with van der Waals surface area (Å²) in [5, 5.41) is 13.6. The minimum absolute atomic E-state index is 0.0179. The van der Waals surface area contributed by atoms with Crippen molar-refractivity contribution >= 4 is 6.03 Å². The number of likely N-dealkylation sites (tertiary alicyclic amines) is 1. The van der Waals surface area contributed by atoms with Crippen LogP contribution in [0.5, 0.6) is 0 Å². The molecule has 2 aliphatic rings. The molecule has 4 nitrogen and oxygen atoms in total. The molecular formula is C19H26N2O2. The van der Waals surface area contributed by atoms with Crippen LogP contribution in [-0.4, -0.2) is 34.7 Å². The monoisotopic (exact) mass is 314 g/mol. The fourth-order valence-electron chi connectivity index (χ4n) is 3.59. The SMILES string of the molecule is O=C(NC1C=CCCC1)N1CCCC1CC(O)c1ccccc1. The molecule has 2 amide bonds. The predicted octanol–water partition coefficient (Wildman–Crippen LogP) is 3.39. The summed E-state index contributed by atoms with van der Waals surface area (Å²) in [4.78, 5) is 14.5. The Morgan fingerprint density at radius 1 is 1.26 bits per heavy atom. The van der Waals surface area contributed by atoms with E-state index in [2.05, 4.69) is 17.5 Å². The third kappa shape index (κ3) is 4.14. The second-order valence-corrected chi connectivity index (χ2v) is 6.57. The lowest BCUT2D eigenvalue weighted by Crippen LogP contribution is -2.47. The van der Waals surface area contributed by atoms with Crippen molar-refractivity contribution in [3.63, 3.8) is 0 Å². The van der Waals surface area contributed by atoms with E-state index >= 15 is 0 Å². The fourth-order valence-corrected chi connectivity index (χ4v) is 3.59. The predicted molar refractivity (Wildman–Crippen MR) is 91.1 cm³/mol. The summed E-state index contributed by atoms with van der Waals surface area (Å²) in [7, 11) is 0. The van der Waals surface area contributed by atoms with Crippen LogP contribution in [0.25, 0.3) is 0 Å². The van der Waals surface area contributed by atoms with Gasteiger partial charge in [0, 0.05) is 18.6 Å². The lowest BCUT2D eigenvalue weighted by Gasteiger charge is -2.29. The van der Waals surface area contributed by atoms with Crippen molar-refractivity contribution in [2.24, 2.45) is 0 Å². The van der Waals surface area contributed by atoms with Gasteiger partial charge in [0.25, 0.3) is 0 Å². The van der Waals surface area contributed by atoms with Crippen LogP contribution in [0.1, 0.15) is 50.2 Å². The lowest BCUT2D eigenvalue weighted by atomic mass is 10.0. The molecule has 0 saturated carbocycles. The zero-order valence-electron chi connectivity index (χ0n) is 13.5. The molecule has 0 radical (unpaired) electrons. The third-order valence-corrected chi connectivity index (χ3v) is 4.88. The number of rotatable bonds is 4. The minimum Gasteiger partial charge on any atom is -0.388 e. The number of aliphatic hydroxyl groups excluding tert-OH is 1. The Balaban J connectivity index is 1.57. The second-order valence-electron chi connectivity index (χ2n) is 6.57. The van der Waals surface area contributed by atoms with Crippen molar-refractivity contribution in [2.75, 3.05) is 6.54 Å². The van der Waals surface area contributed by atoms with Crippen LogP contribution < -0.4 is 5.32 Å². The van der Waals surface area contributed by atoms with E-state index in [0.717, 1.165) is 44.2 Å². The highest BCUT2D eigenvalue weighted by Crippen LogP contribution is 2.27. The van der Waals surface area contributed by atoms with Gasteiger partial charge >= 0.3 is 6.03 Å². The molecule has 3 unspecified atom stereocenters. The van der Waals surface area contributed by atoms with E-state index in [1.165, 1.54) is 0 Å². The molecule has 1 aromatic carbocycles. The Hall–Kier alpha value is -1.81. The average Bonchev–Trinajstić information content (AvgIpc) is 3.05. The molecule has 1 heterocycles. The van der Waals surface area contributed by atoms with Crippen LogP contribution in [0, 0.1) is 0 Å². The lowest BCUT2D eigenvalue weighted by molar-refractivity contribution is 0.125. The molecule has 1 aliphatic carbocycles. The van der Waals surface area contributed by atoms with Crippen molar-refractivity contribution in [1.82, 2.24) is 10.2 Å². The zero-order chi connectivity index (χ0) is 16.1. The van der Waals surface area contributed by atoms with Gasteiger partial charge in [-0.05, 0) is 44.1 Å². The number of aliphatic hydroxyl groups is 1. The first kappa shape index (κ1) is 16.1. The normalized spacial score (nSPS) is 25.3. The van der Waals surface area contributed by atoms with Crippen LogP contribution in [0.4, 0.5) is 4.79 Å². The summed E-state index contributed by atoms with van der Waals surface area (Å²) in [6.45, 7) is 0.786. The largest absolute Gasteiger partial charge is 0.388 e. The molecule has 0 bridgehead atoms. The number of nitrogens with one attached hydrogen (secondary N) is 1. The first-order chi connectivity index (χ1) is 11.2. The number of hydrogen-bond acceptors (Lipinski definition) is 2. The summed E-state index contributed by atoms with van der Waals surface area (Å²) >= 11 is 0. The topological polar surface area (TPSA) is 52.6 Å². The molecule has 1 saturated heterocycles. The van der Waals surface area contributed by atoms with Crippen molar-refractivity contribution < 1.29 is 9.90 Å². The van der Waals surface area contributed by atoms with Gasteiger partial charge in [0.05, 0.1) is 6.10 Å². The maximum Gasteiger partial charge on any atom is 0.318 e. The summed E-state index contributed by atoms with van der Waals surface area (Å²) < 4.78 is 0. The van der Waals surface area contributed by atoms with E-state index in [0.29, 0.717) is 6.42 Å². The summed E-state index contributed by atoms with van der Waals surface area (Å²) in [6.07, 6.45) is 9.60. The van der Waals surface area contributed by atoms with Gasteiger partial charge in [-0.2, -0.15) is 0 Å². The van der Waals surface area contributed by atoms with Crippen molar-refractivity contribution in [3.8, 4) is 0 Å². The number of carbonyl (C=O) groups is 1. The Bertz CT molecular complexity index is 544. The fraction of sp³-hybridized carbons (Fsp3) is 0.526. The van der Waals surface area contributed by atoms with Crippen molar-refractivity contribution in [3.05, 3.63) is 48.0 Å². The molecule has 3 atom stereocenters. The highest BCUT2D eigenvalue weighted by Gasteiger charge is 2.31. The van der Waals surface area contributed by atoms with E-state index in [1.807, 2.05) is 35.2 Å². The molecule has 1 aliphatic heterocycles. The van der Waals surface area contributed by atoms with Gasteiger partial charge in [0.15, 0.2) is 0 Å². The summed E-state index contributed by atoms with van der Waals surface area (Å²) in [5.41, 5.74) is 0.926. The Labute approximate surface area is 138 Å². The van der Waals surface area contributed by atoms with Crippen LogP contribution in [0.2, 0.25) is 0 Å². The van der Waals surface area contributed by atoms with E-state index < -0.39 is 6.10 Å². The molecule has 2 N–H and O–H groups in total. The van der Waals surface area contributed by atoms with Crippen LogP contribution >= 0.6 is 0 Å². The standard InChI is InChI=1S/C19H26N2O2/c22-18(15-8-3-1-4-9-15)14-17-12-7-13-21(17)19(23)20-16-10-5-2-6-11-16/h1,3-5,8-10,16-18,22H,2,6-7,11-14H2,(H,20,23). The molecule has 0 spiro atoms. The second kappa shape index (κ2) is 7.64. The minimum atomic E-state index is -0.510. The number of nitrogens with zero attached hydrogens (tertiary/aromatic N) is 1. The van der Waals surface area contributed by atoms with E-state index in [1.54, 1.807) is 0 Å².